The molecule has 0 spiro atoms. The van der Waals surface area contributed by atoms with Crippen molar-refractivity contribution in [1.29, 1.82) is 0 Å². The Bertz CT molecular complexity index is 429. The first-order valence-electron chi connectivity index (χ1n) is 4.48. The zero-order chi connectivity index (χ0) is 12.3. The quantitative estimate of drug-likeness (QED) is 0.476. The van der Waals surface area contributed by atoms with E-state index < -0.39 is 11.9 Å². The smallest absolute Gasteiger partial charge is 0.335 e. The Kier molecular flexibility index (Phi) is 3.40. The molecule has 0 atom stereocenters. The van der Waals surface area contributed by atoms with Crippen molar-refractivity contribution in [3.63, 3.8) is 0 Å². The number of ether oxygens (including phenoxy) is 1. The van der Waals surface area contributed by atoms with E-state index in [0.29, 0.717) is 0 Å². The summed E-state index contributed by atoms with van der Waals surface area (Å²) in [5.74, 6) is -2.00. The number of aromatic carboxylic acids is 1. The van der Waals surface area contributed by atoms with Crippen molar-refractivity contribution in [1.82, 2.24) is 0 Å². The largest absolute Gasteiger partial charge is 0.478 e. The highest BCUT2D eigenvalue weighted by Gasteiger charge is 2.11. The monoisotopic (exact) mass is 222 g/mol. The summed E-state index contributed by atoms with van der Waals surface area (Å²) in [6.07, 6.45) is 0. The van der Waals surface area contributed by atoms with Crippen LogP contribution in [0.4, 0.5) is 0 Å². The second-order valence-electron chi connectivity index (χ2n) is 3.20. The lowest BCUT2D eigenvalue weighted by molar-refractivity contribution is -0.131. The molecule has 0 unspecified atom stereocenters. The van der Waals surface area contributed by atoms with Crippen molar-refractivity contribution in [3.8, 4) is 5.75 Å². The molecule has 0 saturated carbocycles. The van der Waals surface area contributed by atoms with Gasteiger partial charge in [0.1, 0.15) is 5.75 Å². The lowest BCUT2D eigenvalue weighted by Gasteiger charge is -2.05. The van der Waals surface area contributed by atoms with E-state index in [1.807, 2.05) is 0 Å². The van der Waals surface area contributed by atoms with Crippen LogP contribution < -0.4 is 4.74 Å². The minimum Gasteiger partial charge on any atom is -0.478 e. The molecule has 0 aromatic heterocycles. The maximum absolute atomic E-state index is 11.1. The highest BCUT2D eigenvalue weighted by molar-refractivity contribution is 5.98. The van der Waals surface area contributed by atoms with Gasteiger partial charge >= 0.3 is 11.9 Å². The van der Waals surface area contributed by atoms with E-state index in [-0.39, 0.29) is 22.7 Å². The van der Waals surface area contributed by atoms with Crippen LogP contribution >= 0.6 is 0 Å². The van der Waals surface area contributed by atoms with E-state index in [0.717, 1.165) is 0 Å². The van der Waals surface area contributed by atoms with Crippen LogP contribution in [0, 0.1) is 0 Å². The fourth-order valence-electron chi connectivity index (χ4n) is 1.15. The lowest BCUT2D eigenvalue weighted by Crippen LogP contribution is -2.06. The average molecular weight is 222 g/mol. The van der Waals surface area contributed by atoms with Gasteiger partial charge in [0, 0.05) is 12.5 Å². The van der Waals surface area contributed by atoms with Gasteiger partial charge in [0.15, 0.2) is 5.78 Å². The molecule has 16 heavy (non-hydrogen) atoms. The molecule has 0 amide bonds. The summed E-state index contributed by atoms with van der Waals surface area (Å²) in [5, 5.41) is 8.80. The fourth-order valence-corrected chi connectivity index (χ4v) is 1.15. The number of benzene rings is 1. The highest BCUT2D eigenvalue weighted by Crippen LogP contribution is 2.18. The van der Waals surface area contributed by atoms with E-state index in [4.69, 9.17) is 9.84 Å². The number of ketones is 1. The van der Waals surface area contributed by atoms with Gasteiger partial charge in [-0.1, -0.05) is 0 Å². The van der Waals surface area contributed by atoms with Crippen LogP contribution in [0.5, 0.6) is 5.75 Å². The van der Waals surface area contributed by atoms with Gasteiger partial charge in [0.05, 0.1) is 5.56 Å². The molecule has 0 aliphatic carbocycles. The number of carbonyl (C=O) groups is 3. The summed E-state index contributed by atoms with van der Waals surface area (Å²) in [6.45, 7) is 2.50. The second kappa shape index (κ2) is 4.57. The lowest BCUT2D eigenvalue weighted by atomic mass is 10.1. The summed E-state index contributed by atoms with van der Waals surface area (Å²) in [5.41, 5.74) is 0.0973. The molecule has 1 aromatic carbocycles. The highest BCUT2D eigenvalue weighted by atomic mass is 16.5. The molecular formula is C11H10O5. The Hall–Kier alpha value is -2.17. The first kappa shape index (κ1) is 11.9. The summed E-state index contributed by atoms with van der Waals surface area (Å²) >= 11 is 0. The maximum atomic E-state index is 11.1. The third-order valence-corrected chi connectivity index (χ3v) is 1.82. The number of hydrogen-bond acceptors (Lipinski definition) is 4. The molecule has 0 aliphatic heterocycles. The minimum atomic E-state index is -1.18. The maximum Gasteiger partial charge on any atom is 0.335 e. The number of esters is 1. The van der Waals surface area contributed by atoms with Crippen molar-refractivity contribution in [2.45, 2.75) is 13.8 Å². The molecule has 5 heteroatoms. The van der Waals surface area contributed by atoms with Crippen molar-refractivity contribution >= 4 is 17.7 Å². The average Bonchev–Trinajstić information content (AvgIpc) is 2.15. The van der Waals surface area contributed by atoms with Crippen molar-refractivity contribution in [2.24, 2.45) is 0 Å². The SMILES string of the molecule is CC(=O)Oc1cc(C(C)=O)cc(C(=O)O)c1. The van der Waals surface area contributed by atoms with Crippen LogP contribution in [0.25, 0.3) is 0 Å². The first-order chi connectivity index (χ1) is 7.40. The topological polar surface area (TPSA) is 80.7 Å². The van der Waals surface area contributed by atoms with Crippen molar-refractivity contribution in [3.05, 3.63) is 29.3 Å². The Morgan fingerprint density at radius 1 is 1.06 bits per heavy atom. The van der Waals surface area contributed by atoms with Crippen LogP contribution in [0.3, 0.4) is 0 Å². The van der Waals surface area contributed by atoms with E-state index in [2.05, 4.69) is 0 Å². The Morgan fingerprint density at radius 3 is 2.06 bits per heavy atom. The molecule has 0 fully saturated rings. The standard InChI is InChI=1S/C11H10O5/c1-6(12)8-3-9(11(14)15)5-10(4-8)16-7(2)13/h3-5H,1-2H3,(H,14,15). The third kappa shape index (κ3) is 2.91. The van der Waals surface area contributed by atoms with Crippen molar-refractivity contribution < 1.29 is 24.2 Å². The van der Waals surface area contributed by atoms with E-state index in [1.54, 1.807) is 0 Å². The summed E-state index contributed by atoms with van der Waals surface area (Å²) in [7, 11) is 0. The Labute approximate surface area is 91.6 Å². The number of Topliss-reactive ketones (excluding diaryl/α,β-unsaturated/α-hetero) is 1. The molecule has 1 rings (SSSR count). The minimum absolute atomic E-state index is 0.0533. The van der Waals surface area contributed by atoms with Gasteiger partial charge in [-0.15, -0.1) is 0 Å². The van der Waals surface area contributed by atoms with Gasteiger partial charge < -0.3 is 9.84 Å². The van der Waals surface area contributed by atoms with Crippen LogP contribution in [0.2, 0.25) is 0 Å². The first-order valence-corrected chi connectivity index (χ1v) is 4.48. The number of carboxylic acids is 1. The third-order valence-electron chi connectivity index (χ3n) is 1.82. The van der Waals surface area contributed by atoms with Crippen LogP contribution in [-0.4, -0.2) is 22.8 Å². The Balaban J connectivity index is 3.23. The summed E-state index contributed by atoms with van der Waals surface area (Å²) in [4.78, 5) is 32.6. The molecular weight excluding hydrogens is 212 g/mol. The molecule has 1 N–H and O–H groups in total. The molecule has 84 valence electrons. The predicted octanol–water partition coefficient (Wildman–Crippen LogP) is 1.51. The number of carbonyl (C=O) groups excluding carboxylic acids is 2. The van der Waals surface area contributed by atoms with Gasteiger partial charge in [0.25, 0.3) is 0 Å². The van der Waals surface area contributed by atoms with Gasteiger partial charge in [-0.25, -0.2) is 4.79 Å². The molecule has 5 nitrogen and oxygen atoms in total. The normalized spacial score (nSPS) is 9.62. The number of rotatable bonds is 3. The van der Waals surface area contributed by atoms with Crippen LogP contribution in [0.15, 0.2) is 18.2 Å². The second-order valence-corrected chi connectivity index (χ2v) is 3.20. The van der Waals surface area contributed by atoms with Gasteiger partial charge in [-0.3, -0.25) is 9.59 Å². The number of hydrogen-bond donors (Lipinski definition) is 1. The molecule has 0 aliphatic rings. The zero-order valence-corrected chi connectivity index (χ0v) is 8.81. The van der Waals surface area contributed by atoms with Gasteiger partial charge in [-0.05, 0) is 25.1 Å². The van der Waals surface area contributed by atoms with E-state index >= 15 is 0 Å². The molecule has 0 saturated heterocycles. The predicted molar refractivity (Wildman–Crippen MR) is 54.7 cm³/mol. The van der Waals surface area contributed by atoms with Crippen LogP contribution in [-0.2, 0) is 4.79 Å². The summed E-state index contributed by atoms with van der Waals surface area (Å²) in [6, 6.07) is 3.75. The summed E-state index contributed by atoms with van der Waals surface area (Å²) < 4.78 is 4.74. The van der Waals surface area contributed by atoms with E-state index in [9.17, 15) is 14.4 Å². The van der Waals surface area contributed by atoms with Crippen molar-refractivity contribution in [2.75, 3.05) is 0 Å². The van der Waals surface area contributed by atoms with E-state index in [1.165, 1.54) is 32.0 Å². The van der Waals surface area contributed by atoms with Gasteiger partial charge in [-0.2, -0.15) is 0 Å². The molecule has 1 aromatic rings. The van der Waals surface area contributed by atoms with Crippen LogP contribution in [0.1, 0.15) is 34.6 Å². The molecule has 0 heterocycles. The molecule has 0 bridgehead atoms. The Morgan fingerprint density at radius 2 is 1.62 bits per heavy atom. The van der Waals surface area contributed by atoms with Gasteiger partial charge in [0.2, 0.25) is 0 Å². The molecule has 0 radical (unpaired) electrons. The fraction of sp³-hybridized carbons (Fsp3) is 0.182. The number of carboxylic acid groups (broad SMARTS) is 1. The zero-order valence-electron chi connectivity index (χ0n) is 8.81.